The van der Waals surface area contributed by atoms with Gasteiger partial charge in [0.05, 0.1) is 9.79 Å². The van der Waals surface area contributed by atoms with Crippen LogP contribution < -0.4 is 9.44 Å². The number of benzene rings is 1. The van der Waals surface area contributed by atoms with Crippen LogP contribution in [0.4, 0.5) is 0 Å². The second-order valence-corrected chi connectivity index (χ2v) is 10.4. The summed E-state index contributed by atoms with van der Waals surface area (Å²) in [6.07, 6.45) is 8.72. The summed E-state index contributed by atoms with van der Waals surface area (Å²) >= 11 is 0. The zero-order valence-corrected chi connectivity index (χ0v) is 17.2. The largest absolute Gasteiger partial charge is 0.265 e. The third-order valence-corrected chi connectivity index (χ3v) is 7.84. The van der Waals surface area contributed by atoms with Gasteiger partial charge >= 0.3 is 0 Å². The lowest BCUT2D eigenvalue weighted by Gasteiger charge is -2.22. The molecule has 0 unspecified atom stereocenters. The Morgan fingerprint density at radius 1 is 0.821 bits per heavy atom. The van der Waals surface area contributed by atoms with Crippen LogP contribution in [0.1, 0.15) is 37.7 Å². The predicted molar refractivity (Wildman–Crippen MR) is 107 cm³/mol. The van der Waals surface area contributed by atoms with Gasteiger partial charge in [0.1, 0.15) is 0 Å². The number of aromatic nitrogens is 1. The van der Waals surface area contributed by atoms with E-state index in [9.17, 15) is 16.8 Å². The molecule has 0 saturated heterocycles. The van der Waals surface area contributed by atoms with E-state index in [1.54, 1.807) is 12.4 Å². The molecular formula is C19H25N3O4S2. The molecule has 28 heavy (non-hydrogen) atoms. The first-order valence-electron chi connectivity index (χ1n) is 9.38. The summed E-state index contributed by atoms with van der Waals surface area (Å²) in [5, 5.41) is 0. The van der Waals surface area contributed by atoms with E-state index in [0.29, 0.717) is 6.42 Å². The van der Waals surface area contributed by atoms with Crippen molar-refractivity contribution in [3.05, 3.63) is 54.4 Å². The van der Waals surface area contributed by atoms with Gasteiger partial charge in [0.15, 0.2) is 0 Å². The van der Waals surface area contributed by atoms with Crippen molar-refractivity contribution in [2.75, 3.05) is 6.54 Å². The molecule has 1 heterocycles. The minimum atomic E-state index is -3.70. The Hall–Kier alpha value is -1.81. The number of hydrogen-bond donors (Lipinski definition) is 2. The number of nitrogens with one attached hydrogen (secondary N) is 2. The molecule has 9 heteroatoms. The first-order chi connectivity index (χ1) is 13.4. The minimum Gasteiger partial charge on any atom is -0.265 e. The fourth-order valence-corrected chi connectivity index (χ4v) is 5.61. The van der Waals surface area contributed by atoms with Crippen molar-refractivity contribution in [3.8, 4) is 0 Å². The molecule has 0 bridgehead atoms. The van der Waals surface area contributed by atoms with Gasteiger partial charge in [0, 0.05) is 25.0 Å². The Morgan fingerprint density at radius 3 is 2.00 bits per heavy atom. The standard InChI is InChI=1S/C19H25N3O4S2/c23-27(24,21-15-12-16-10-13-20-14-11-16)18-6-8-19(9-7-18)28(25,26)22-17-4-2-1-3-5-17/h6-11,13-14,17,21-22H,1-5,12,15H2. The fraction of sp³-hybridized carbons (Fsp3) is 0.421. The molecule has 1 aliphatic carbocycles. The van der Waals surface area contributed by atoms with E-state index in [2.05, 4.69) is 14.4 Å². The zero-order valence-electron chi connectivity index (χ0n) is 15.5. The summed E-state index contributed by atoms with van der Waals surface area (Å²) in [6, 6.07) is 8.93. The summed E-state index contributed by atoms with van der Waals surface area (Å²) in [6.45, 7) is 0.246. The molecule has 1 aromatic heterocycles. The number of sulfonamides is 2. The number of rotatable bonds is 8. The molecule has 1 fully saturated rings. The molecule has 2 N–H and O–H groups in total. The SMILES string of the molecule is O=S(=O)(NCCc1ccncc1)c1ccc(S(=O)(=O)NC2CCCCC2)cc1. The molecule has 0 amide bonds. The van der Waals surface area contributed by atoms with E-state index < -0.39 is 20.0 Å². The molecule has 2 aromatic rings. The van der Waals surface area contributed by atoms with Crippen molar-refractivity contribution in [1.29, 1.82) is 0 Å². The molecule has 1 saturated carbocycles. The third kappa shape index (κ3) is 5.60. The van der Waals surface area contributed by atoms with Gasteiger partial charge in [0.2, 0.25) is 20.0 Å². The number of hydrogen-bond acceptors (Lipinski definition) is 5. The highest BCUT2D eigenvalue weighted by Crippen LogP contribution is 2.20. The lowest BCUT2D eigenvalue weighted by molar-refractivity contribution is 0.412. The molecule has 1 aromatic carbocycles. The topological polar surface area (TPSA) is 105 Å². The van der Waals surface area contributed by atoms with Gasteiger partial charge in [-0.3, -0.25) is 4.98 Å². The Labute approximate surface area is 166 Å². The van der Waals surface area contributed by atoms with Crippen LogP contribution in [0, 0.1) is 0 Å². The Bertz CT molecular complexity index is 970. The Balaban J connectivity index is 1.62. The summed E-state index contributed by atoms with van der Waals surface area (Å²) < 4.78 is 55.1. The Kier molecular flexibility index (Phi) is 6.82. The van der Waals surface area contributed by atoms with Crippen LogP contribution in [0.3, 0.4) is 0 Å². The van der Waals surface area contributed by atoms with Crippen molar-refractivity contribution >= 4 is 20.0 Å². The van der Waals surface area contributed by atoms with Gasteiger partial charge in [-0.05, 0) is 61.2 Å². The van der Waals surface area contributed by atoms with E-state index in [-0.39, 0.29) is 22.4 Å². The third-order valence-electron chi connectivity index (χ3n) is 4.83. The Morgan fingerprint density at radius 2 is 1.39 bits per heavy atom. The smallest absolute Gasteiger partial charge is 0.240 e. The van der Waals surface area contributed by atoms with Gasteiger partial charge in [-0.1, -0.05) is 19.3 Å². The van der Waals surface area contributed by atoms with E-state index in [4.69, 9.17) is 0 Å². The highest BCUT2D eigenvalue weighted by atomic mass is 32.2. The maximum atomic E-state index is 12.5. The van der Waals surface area contributed by atoms with E-state index >= 15 is 0 Å². The van der Waals surface area contributed by atoms with E-state index in [0.717, 1.165) is 37.7 Å². The molecule has 3 rings (SSSR count). The first kappa shape index (κ1) is 20.9. The van der Waals surface area contributed by atoms with Crippen LogP contribution in [-0.2, 0) is 26.5 Å². The molecule has 0 atom stereocenters. The maximum absolute atomic E-state index is 12.5. The molecule has 0 aliphatic heterocycles. The summed E-state index contributed by atoms with van der Waals surface area (Å²) in [5.74, 6) is 0. The highest BCUT2D eigenvalue weighted by Gasteiger charge is 2.22. The molecule has 0 spiro atoms. The van der Waals surface area contributed by atoms with Gasteiger partial charge in [0.25, 0.3) is 0 Å². The average molecular weight is 424 g/mol. The van der Waals surface area contributed by atoms with Crippen molar-refractivity contribution in [2.45, 2.75) is 54.4 Å². The van der Waals surface area contributed by atoms with Gasteiger partial charge < -0.3 is 0 Å². The average Bonchev–Trinajstić information content (AvgIpc) is 2.69. The summed E-state index contributed by atoms with van der Waals surface area (Å²) in [7, 11) is -7.35. The number of nitrogens with zero attached hydrogens (tertiary/aromatic N) is 1. The van der Waals surface area contributed by atoms with Crippen LogP contribution in [0.15, 0.2) is 58.6 Å². The first-order valence-corrected chi connectivity index (χ1v) is 12.3. The van der Waals surface area contributed by atoms with Crippen molar-refractivity contribution in [2.24, 2.45) is 0 Å². The van der Waals surface area contributed by atoms with Crippen molar-refractivity contribution < 1.29 is 16.8 Å². The second kappa shape index (κ2) is 9.13. The zero-order chi connectivity index (χ0) is 20.0. The van der Waals surface area contributed by atoms with Crippen molar-refractivity contribution in [3.63, 3.8) is 0 Å². The quantitative estimate of drug-likeness (QED) is 0.677. The number of pyridine rings is 1. The second-order valence-electron chi connectivity index (χ2n) is 6.93. The van der Waals surface area contributed by atoms with Crippen LogP contribution in [0.2, 0.25) is 0 Å². The van der Waals surface area contributed by atoms with Crippen LogP contribution in [0.25, 0.3) is 0 Å². The van der Waals surface area contributed by atoms with Crippen molar-refractivity contribution in [1.82, 2.24) is 14.4 Å². The molecule has 0 radical (unpaired) electrons. The van der Waals surface area contributed by atoms with E-state index in [1.165, 1.54) is 24.3 Å². The fourth-order valence-electron chi connectivity index (χ4n) is 3.27. The normalized spacial score (nSPS) is 16.1. The van der Waals surface area contributed by atoms with Crippen LogP contribution in [0.5, 0.6) is 0 Å². The highest BCUT2D eigenvalue weighted by molar-refractivity contribution is 7.90. The monoisotopic (exact) mass is 423 g/mol. The maximum Gasteiger partial charge on any atom is 0.240 e. The molecule has 152 valence electrons. The minimum absolute atomic E-state index is 0.0406. The lowest BCUT2D eigenvalue weighted by Crippen LogP contribution is -2.36. The predicted octanol–water partition coefficient (Wildman–Crippen LogP) is 2.21. The molecule has 7 nitrogen and oxygen atoms in total. The van der Waals surface area contributed by atoms with Crippen LogP contribution in [-0.4, -0.2) is 34.4 Å². The molecular weight excluding hydrogens is 398 g/mol. The van der Waals surface area contributed by atoms with E-state index in [1.807, 2.05) is 12.1 Å². The summed E-state index contributed by atoms with van der Waals surface area (Å²) in [5.41, 5.74) is 0.980. The van der Waals surface area contributed by atoms with Gasteiger partial charge in [-0.25, -0.2) is 26.3 Å². The van der Waals surface area contributed by atoms with Gasteiger partial charge in [-0.2, -0.15) is 0 Å². The molecule has 1 aliphatic rings. The lowest BCUT2D eigenvalue weighted by atomic mass is 9.96. The van der Waals surface area contributed by atoms with Crippen LogP contribution >= 0.6 is 0 Å². The van der Waals surface area contributed by atoms with Gasteiger partial charge in [-0.15, -0.1) is 0 Å². The summed E-state index contributed by atoms with van der Waals surface area (Å²) in [4.78, 5) is 4.04.